The minimum absolute atomic E-state index is 0. The Kier molecular flexibility index (Phi) is 6.09. The summed E-state index contributed by atoms with van der Waals surface area (Å²) in [5.74, 6) is 0.992. The minimum Gasteiger partial charge on any atom is -0.317 e. The molecule has 2 atom stereocenters. The van der Waals surface area contributed by atoms with Crippen LogP contribution in [0.3, 0.4) is 0 Å². The first-order valence-corrected chi connectivity index (χ1v) is 6.74. The summed E-state index contributed by atoms with van der Waals surface area (Å²) in [6, 6.07) is 1.67. The molecule has 2 heterocycles. The van der Waals surface area contributed by atoms with Gasteiger partial charge in [0.05, 0.1) is 0 Å². The van der Waals surface area contributed by atoms with Crippen molar-refractivity contribution in [2.24, 2.45) is 5.92 Å². The summed E-state index contributed by atoms with van der Waals surface area (Å²) >= 11 is 0. The second-order valence-corrected chi connectivity index (χ2v) is 5.50. The summed E-state index contributed by atoms with van der Waals surface area (Å²) in [5, 5.41) is 3.45. The van der Waals surface area contributed by atoms with Crippen LogP contribution in [0.1, 0.15) is 46.0 Å². The van der Waals surface area contributed by atoms with Gasteiger partial charge >= 0.3 is 0 Å². The van der Waals surface area contributed by atoms with E-state index in [1.807, 2.05) is 0 Å². The van der Waals surface area contributed by atoms with Crippen LogP contribution in [0.25, 0.3) is 0 Å². The summed E-state index contributed by atoms with van der Waals surface area (Å²) < 4.78 is 0. The molecule has 1 N–H and O–H groups in total. The molecule has 2 fully saturated rings. The van der Waals surface area contributed by atoms with E-state index < -0.39 is 0 Å². The van der Waals surface area contributed by atoms with Crippen LogP contribution < -0.4 is 5.32 Å². The quantitative estimate of drug-likeness (QED) is 0.824. The van der Waals surface area contributed by atoms with Crippen LogP contribution in [-0.4, -0.2) is 36.6 Å². The second-order valence-electron chi connectivity index (χ2n) is 5.50. The molecule has 0 aromatic heterocycles. The molecule has 2 unspecified atom stereocenters. The molecule has 0 aromatic rings. The standard InChI is InChI=1S/C13H26N2.ClH/c1-11-3-4-12(2)15(11)10-7-13-5-8-14-9-6-13;/h11-14H,3-10H2,1-2H3;1H. The van der Waals surface area contributed by atoms with E-state index in [1.165, 1.54) is 51.7 Å². The van der Waals surface area contributed by atoms with Crippen molar-refractivity contribution in [2.45, 2.75) is 58.0 Å². The van der Waals surface area contributed by atoms with Crippen LogP contribution in [-0.2, 0) is 0 Å². The third-order valence-electron chi connectivity index (χ3n) is 4.39. The summed E-state index contributed by atoms with van der Waals surface area (Å²) in [5.41, 5.74) is 0. The van der Waals surface area contributed by atoms with Gasteiger partial charge in [0.25, 0.3) is 0 Å². The number of halogens is 1. The van der Waals surface area contributed by atoms with Crippen molar-refractivity contribution in [1.82, 2.24) is 10.2 Å². The fourth-order valence-electron chi connectivity index (χ4n) is 3.19. The minimum atomic E-state index is 0. The summed E-state index contributed by atoms with van der Waals surface area (Å²) in [7, 11) is 0. The number of nitrogens with zero attached hydrogens (tertiary/aromatic N) is 1. The van der Waals surface area contributed by atoms with E-state index in [-0.39, 0.29) is 12.4 Å². The number of rotatable bonds is 3. The topological polar surface area (TPSA) is 15.3 Å². The molecule has 2 aliphatic rings. The van der Waals surface area contributed by atoms with E-state index >= 15 is 0 Å². The Morgan fingerprint density at radius 2 is 1.56 bits per heavy atom. The van der Waals surface area contributed by atoms with Gasteiger partial charge < -0.3 is 5.32 Å². The van der Waals surface area contributed by atoms with Crippen LogP contribution in [0.15, 0.2) is 0 Å². The molecule has 2 rings (SSSR count). The molecule has 2 aliphatic heterocycles. The summed E-state index contributed by atoms with van der Waals surface area (Å²) in [6.07, 6.45) is 7.05. The van der Waals surface area contributed by atoms with E-state index in [4.69, 9.17) is 0 Å². The lowest BCUT2D eigenvalue weighted by atomic mass is 9.94. The number of likely N-dealkylation sites (tertiary alicyclic amines) is 1. The summed E-state index contributed by atoms with van der Waals surface area (Å²) in [4.78, 5) is 2.72. The van der Waals surface area contributed by atoms with Crippen LogP contribution in [0.4, 0.5) is 0 Å². The molecule has 2 saturated heterocycles. The lowest BCUT2D eigenvalue weighted by molar-refractivity contribution is 0.189. The molecule has 96 valence electrons. The predicted molar refractivity (Wildman–Crippen MR) is 72.3 cm³/mol. The SMILES string of the molecule is CC1CCC(C)N1CCC1CCNCC1.Cl. The third-order valence-corrected chi connectivity index (χ3v) is 4.39. The molecule has 0 radical (unpaired) electrons. The predicted octanol–water partition coefficient (Wildman–Crippen LogP) is 2.67. The maximum atomic E-state index is 3.45. The van der Waals surface area contributed by atoms with Crippen LogP contribution >= 0.6 is 12.4 Å². The molecule has 0 saturated carbocycles. The maximum absolute atomic E-state index is 3.45. The van der Waals surface area contributed by atoms with Gasteiger partial charge in [0, 0.05) is 12.1 Å². The molecule has 0 aliphatic carbocycles. The van der Waals surface area contributed by atoms with Gasteiger partial charge in [-0.2, -0.15) is 0 Å². The Bertz CT molecular complexity index is 182. The molecular weight excluding hydrogens is 220 g/mol. The maximum Gasteiger partial charge on any atom is 0.00703 e. The summed E-state index contributed by atoms with van der Waals surface area (Å²) in [6.45, 7) is 8.62. The zero-order valence-corrected chi connectivity index (χ0v) is 11.6. The van der Waals surface area contributed by atoms with Gasteiger partial charge in [0.2, 0.25) is 0 Å². The molecule has 0 amide bonds. The zero-order valence-electron chi connectivity index (χ0n) is 10.7. The van der Waals surface area contributed by atoms with Crippen LogP contribution in [0, 0.1) is 5.92 Å². The van der Waals surface area contributed by atoms with Gasteiger partial charge in [-0.05, 0) is 71.5 Å². The molecule has 3 heteroatoms. The second kappa shape index (κ2) is 6.83. The number of piperidine rings is 1. The van der Waals surface area contributed by atoms with Crippen molar-refractivity contribution in [3.8, 4) is 0 Å². The van der Waals surface area contributed by atoms with Crippen molar-refractivity contribution in [3.05, 3.63) is 0 Å². The van der Waals surface area contributed by atoms with Gasteiger partial charge in [0.15, 0.2) is 0 Å². The third kappa shape index (κ3) is 3.61. The molecule has 0 bridgehead atoms. The van der Waals surface area contributed by atoms with Gasteiger partial charge in [-0.25, -0.2) is 0 Å². The molecular formula is C13H27ClN2. The highest BCUT2D eigenvalue weighted by Gasteiger charge is 2.27. The average molecular weight is 247 g/mol. The molecule has 2 nitrogen and oxygen atoms in total. The van der Waals surface area contributed by atoms with E-state index in [2.05, 4.69) is 24.1 Å². The van der Waals surface area contributed by atoms with Crippen LogP contribution in [0.5, 0.6) is 0 Å². The van der Waals surface area contributed by atoms with Crippen molar-refractivity contribution < 1.29 is 0 Å². The van der Waals surface area contributed by atoms with Gasteiger partial charge in [-0.15, -0.1) is 12.4 Å². The van der Waals surface area contributed by atoms with E-state index in [0.717, 1.165) is 18.0 Å². The molecule has 0 aromatic carbocycles. The number of hydrogen-bond donors (Lipinski definition) is 1. The fourth-order valence-corrected chi connectivity index (χ4v) is 3.19. The molecule has 16 heavy (non-hydrogen) atoms. The van der Waals surface area contributed by atoms with E-state index in [1.54, 1.807) is 0 Å². The van der Waals surface area contributed by atoms with Crippen molar-refractivity contribution in [3.63, 3.8) is 0 Å². The van der Waals surface area contributed by atoms with Crippen LogP contribution in [0.2, 0.25) is 0 Å². The number of nitrogens with one attached hydrogen (secondary N) is 1. The number of hydrogen-bond acceptors (Lipinski definition) is 2. The van der Waals surface area contributed by atoms with Crippen molar-refractivity contribution in [1.29, 1.82) is 0 Å². The van der Waals surface area contributed by atoms with E-state index in [0.29, 0.717) is 0 Å². The highest BCUT2D eigenvalue weighted by atomic mass is 35.5. The first-order chi connectivity index (χ1) is 7.27. The molecule has 0 spiro atoms. The first-order valence-electron chi connectivity index (χ1n) is 6.74. The largest absolute Gasteiger partial charge is 0.317 e. The van der Waals surface area contributed by atoms with Crippen molar-refractivity contribution in [2.75, 3.05) is 19.6 Å². The Balaban J connectivity index is 0.00000128. The van der Waals surface area contributed by atoms with Gasteiger partial charge in [-0.3, -0.25) is 4.90 Å². The Labute approximate surface area is 107 Å². The first kappa shape index (κ1) is 14.3. The van der Waals surface area contributed by atoms with Crippen molar-refractivity contribution >= 4 is 12.4 Å². The highest BCUT2D eigenvalue weighted by Crippen LogP contribution is 2.25. The lowest BCUT2D eigenvalue weighted by Gasteiger charge is -2.29. The highest BCUT2D eigenvalue weighted by molar-refractivity contribution is 5.85. The zero-order chi connectivity index (χ0) is 10.7. The Hall–Kier alpha value is 0.210. The van der Waals surface area contributed by atoms with E-state index in [9.17, 15) is 0 Å². The normalized spacial score (nSPS) is 32.6. The fraction of sp³-hybridized carbons (Fsp3) is 1.00. The Morgan fingerprint density at radius 1 is 1.00 bits per heavy atom. The Morgan fingerprint density at radius 3 is 2.12 bits per heavy atom. The lowest BCUT2D eigenvalue weighted by Crippen LogP contribution is -2.36. The van der Waals surface area contributed by atoms with Gasteiger partial charge in [-0.1, -0.05) is 0 Å². The van der Waals surface area contributed by atoms with Gasteiger partial charge in [0.1, 0.15) is 0 Å². The smallest absolute Gasteiger partial charge is 0.00703 e. The average Bonchev–Trinajstić information content (AvgIpc) is 2.58. The monoisotopic (exact) mass is 246 g/mol.